The van der Waals surface area contributed by atoms with E-state index in [-0.39, 0.29) is 0 Å². The number of nitrogens with one attached hydrogen (secondary N) is 1. The number of aliphatic hydroxyl groups excluding tert-OH is 1. The molecule has 0 radical (unpaired) electrons. The minimum atomic E-state index is -0.398. The SMILES string of the molecule is Cn1ncc2c(NCC(O)CN3CCCCC3)nc(C3CCCC3)nc21. The lowest BCUT2D eigenvalue weighted by Gasteiger charge is -2.28. The van der Waals surface area contributed by atoms with Crippen molar-refractivity contribution in [3.63, 3.8) is 0 Å². The van der Waals surface area contributed by atoms with Gasteiger partial charge in [-0.05, 0) is 38.8 Å². The summed E-state index contributed by atoms with van der Waals surface area (Å²) in [5.41, 5.74) is 0.870. The molecule has 0 bridgehead atoms. The number of hydrogen-bond donors (Lipinski definition) is 2. The van der Waals surface area contributed by atoms with Crippen LogP contribution in [-0.4, -0.2) is 62.0 Å². The molecule has 3 heterocycles. The van der Waals surface area contributed by atoms with Gasteiger partial charge in [-0.1, -0.05) is 19.3 Å². The summed E-state index contributed by atoms with van der Waals surface area (Å²) in [6.07, 6.45) is 10.1. The molecule has 2 aromatic rings. The van der Waals surface area contributed by atoms with Crippen molar-refractivity contribution >= 4 is 16.9 Å². The average Bonchev–Trinajstić information content (AvgIpc) is 3.31. The van der Waals surface area contributed by atoms with Crippen LogP contribution < -0.4 is 5.32 Å². The predicted molar refractivity (Wildman–Crippen MR) is 102 cm³/mol. The van der Waals surface area contributed by atoms with Crippen LogP contribution >= 0.6 is 0 Å². The van der Waals surface area contributed by atoms with Gasteiger partial charge in [-0.15, -0.1) is 0 Å². The Morgan fingerprint density at radius 1 is 1.15 bits per heavy atom. The number of aryl methyl sites for hydroxylation is 1. The molecule has 1 aliphatic carbocycles. The molecule has 26 heavy (non-hydrogen) atoms. The Bertz CT molecular complexity index is 733. The summed E-state index contributed by atoms with van der Waals surface area (Å²) < 4.78 is 1.81. The molecule has 0 amide bonds. The molecule has 1 saturated carbocycles. The van der Waals surface area contributed by atoms with E-state index < -0.39 is 6.10 Å². The molecule has 7 heteroatoms. The third kappa shape index (κ3) is 3.83. The quantitative estimate of drug-likeness (QED) is 0.825. The molecule has 1 saturated heterocycles. The van der Waals surface area contributed by atoms with E-state index in [0.29, 0.717) is 12.5 Å². The van der Waals surface area contributed by atoms with E-state index >= 15 is 0 Å². The van der Waals surface area contributed by atoms with Crippen LogP contribution in [0, 0.1) is 0 Å². The second-order valence-corrected chi connectivity index (χ2v) is 7.81. The maximum absolute atomic E-state index is 10.5. The number of piperidine rings is 1. The van der Waals surface area contributed by atoms with Gasteiger partial charge < -0.3 is 15.3 Å². The monoisotopic (exact) mass is 358 g/mol. The summed E-state index contributed by atoms with van der Waals surface area (Å²) in [5.74, 6) is 2.18. The molecular weight excluding hydrogens is 328 g/mol. The summed E-state index contributed by atoms with van der Waals surface area (Å²) in [6, 6.07) is 0. The highest BCUT2D eigenvalue weighted by Gasteiger charge is 2.23. The van der Waals surface area contributed by atoms with E-state index in [9.17, 15) is 5.11 Å². The predicted octanol–water partition coefficient (Wildman–Crippen LogP) is 2.28. The van der Waals surface area contributed by atoms with E-state index in [4.69, 9.17) is 9.97 Å². The van der Waals surface area contributed by atoms with Crippen molar-refractivity contribution in [3.8, 4) is 0 Å². The fraction of sp³-hybridized carbons (Fsp3) is 0.737. The minimum absolute atomic E-state index is 0.398. The molecule has 2 N–H and O–H groups in total. The van der Waals surface area contributed by atoms with Crippen molar-refractivity contribution < 1.29 is 5.11 Å². The fourth-order valence-corrected chi connectivity index (χ4v) is 4.26. The molecular formula is C19H30N6O. The highest BCUT2D eigenvalue weighted by Crippen LogP contribution is 2.34. The van der Waals surface area contributed by atoms with Crippen LogP contribution in [0.15, 0.2) is 6.20 Å². The first kappa shape index (κ1) is 17.7. The highest BCUT2D eigenvalue weighted by molar-refractivity contribution is 5.86. The van der Waals surface area contributed by atoms with E-state index in [1.165, 1.54) is 44.9 Å². The number of rotatable bonds is 6. The van der Waals surface area contributed by atoms with E-state index in [2.05, 4.69) is 15.3 Å². The van der Waals surface area contributed by atoms with Crippen LogP contribution in [0.4, 0.5) is 5.82 Å². The normalized spacial score (nSPS) is 20.7. The molecule has 2 aliphatic rings. The molecule has 4 rings (SSSR count). The zero-order valence-electron chi connectivity index (χ0n) is 15.7. The van der Waals surface area contributed by atoms with Crippen LogP contribution in [0.2, 0.25) is 0 Å². The van der Waals surface area contributed by atoms with Crippen molar-refractivity contribution in [2.45, 2.75) is 57.0 Å². The number of β-amino-alcohol motifs (C(OH)–C–C–N with tert-alkyl or cyclic N) is 1. The maximum atomic E-state index is 10.5. The van der Waals surface area contributed by atoms with Gasteiger partial charge in [0.1, 0.15) is 11.6 Å². The molecule has 2 aromatic heterocycles. The largest absolute Gasteiger partial charge is 0.390 e. The molecule has 1 unspecified atom stereocenters. The van der Waals surface area contributed by atoms with Crippen LogP contribution in [0.3, 0.4) is 0 Å². The van der Waals surface area contributed by atoms with Crippen LogP contribution in [0.25, 0.3) is 11.0 Å². The van der Waals surface area contributed by atoms with Crippen molar-refractivity contribution in [1.29, 1.82) is 0 Å². The minimum Gasteiger partial charge on any atom is -0.390 e. The number of anilines is 1. The second-order valence-electron chi connectivity index (χ2n) is 7.81. The average molecular weight is 358 g/mol. The van der Waals surface area contributed by atoms with Crippen molar-refractivity contribution in [1.82, 2.24) is 24.6 Å². The zero-order valence-corrected chi connectivity index (χ0v) is 15.7. The summed E-state index contributed by atoms with van der Waals surface area (Å²) in [5, 5.41) is 19.1. The second kappa shape index (κ2) is 7.88. The van der Waals surface area contributed by atoms with E-state index in [0.717, 1.165) is 42.3 Å². The van der Waals surface area contributed by atoms with Crippen molar-refractivity contribution in [2.24, 2.45) is 7.05 Å². The molecule has 1 aliphatic heterocycles. The van der Waals surface area contributed by atoms with E-state index in [1.807, 2.05) is 17.9 Å². The first-order valence-electron chi connectivity index (χ1n) is 10.0. The summed E-state index contributed by atoms with van der Waals surface area (Å²) >= 11 is 0. The van der Waals surface area contributed by atoms with Gasteiger partial charge >= 0.3 is 0 Å². The van der Waals surface area contributed by atoms with Crippen LogP contribution in [0.1, 0.15) is 56.7 Å². The van der Waals surface area contributed by atoms with Gasteiger partial charge in [0, 0.05) is 26.1 Å². The number of fused-ring (bicyclic) bond motifs is 1. The Kier molecular flexibility index (Phi) is 5.36. The van der Waals surface area contributed by atoms with Gasteiger partial charge in [-0.2, -0.15) is 5.10 Å². The third-order valence-corrected chi connectivity index (χ3v) is 5.75. The van der Waals surface area contributed by atoms with E-state index in [1.54, 1.807) is 0 Å². The Balaban J connectivity index is 1.47. The molecule has 1 atom stereocenters. The zero-order chi connectivity index (χ0) is 17.9. The van der Waals surface area contributed by atoms with Gasteiger partial charge in [0.05, 0.1) is 17.7 Å². The topological polar surface area (TPSA) is 79.1 Å². The van der Waals surface area contributed by atoms with Gasteiger partial charge in [0.25, 0.3) is 0 Å². The fourth-order valence-electron chi connectivity index (χ4n) is 4.26. The first-order chi connectivity index (χ1) is 12.7. The summed E-state index contributed by atoms with van der Waals surface area (Å²) in [6.45, 7) is 3.43. The van der Waals surface area contributed by atoms with Gasteiger partial charge in [0.2, 0.25) is 0 Å². The smallest absolute Gasteiger partial charge is 0.163 e. The van der Waals surface area contributed by atoms with Crippen LogP contribution in [-0.2, 0) is 7.05 Å². The molecule has 2 fully saturated rings. The standard InChI is InChI=1S/C19H30N6O/c1-24-19-16(12-21-24)18(22-17(23-19)14-7-3-4-8-14)20-11-15(26)13-25-9-5-2-6-10-25/h12,14-15,26H,2-11,13H2,1H3,(H,20,22,23). The van der Waals surface area contributed by atoms with Gasteiger partial charge in [-0.25, -0.2) is 9.97 Å². The van der Waals surface area contributed by atoms with Crippen molar-refractivity contribution in [3.05, 3.63) is 12.0 Å². The lowest BCUT2D eigenvalue weighted by atomic mass is 10.1. The lowest BCUT2D eigenvalue weighted by Crippen LogP contribution is -2.39. The maximum Gasteiger partial charge on any atom is 0.163 e. The Morgan fingerprint density at radius 2 is 1.92 bits per heavy atom. The van der Waals surface area contributed by atoms with Crippen molar-refractivity contribution in [2.75, 3.05) is 31.5 Å². The molecule has 142 valence electrons. The third-order valence-electron chi connectivity index (χ3n) is 5.75. The number of likely N-dealkylation sites (tertiary alicyclic amines) is 1. The van der Waals surface area contributed by atoms with Gasteiger partial charge in [0.15, 0.2) is 5.65 Å². The number of hydrogen-bond acceptors (Lipinski definition) is 6. The number of aliphatic hydroxyl groups is 1. The van der Waals surface area contributed by atoms with Crippen LogP contribution in [0.5, 0.6) is 0 Å². The summed E-state index contributed by atoms with van der Waals surface area (Å²) in [4.78, 5) is 12.0. The Hall–Kier alpha value is -1.73. The molecule has 7 nitrogen and oxygen atoms in total. The first-order valence-corrected chi connectivity index (χ1v) is 10.0. The molecule has 0 aromatic carbocycles. The molecule has 0 spiro atoms. The summed E-state index contributed by atoms with van der Waals surface area (Å²) in [7, 11) is 1.92. The Morgan fingerprint density at radius 3 is 2.69 bits per heavy atom. The number of nitrogens with zero attached hydrogens (tertiary/aromatic N) is 5. The number of aromatic nitrogens is 4. The highest BCUT2D eigenvalue weighted by atomic mass is 16.3. The van der Waals surface area contributed by atoms with Gasteiger partial charge in [-0.3, -0.25) is 4.68 Å². The Labute approximate surface area is 154 Å². The lowest BCUT2D eigenvalue weighted by molar-refractivity contribution is 0.109.